The largest absolute Gasteiger partial charge is 0.420 e. The molecule has 0 atom stereocenters. The van der Waals surface area contributed by atoms with Crippen molar-refractivity contribution in [3.05, 3.63) is 64.6 Å². The van der Waals surface area contributed by atoms with E-state index in [1.165, 1.54) is 0 Å². The summed E-state index contributed by atoms with van der Waals surface area (Å²) >= 11 is 0. The molecule has 0 saturated carbocycles. The van der Waals surface area contributed by atoms with Gasteiger partial charge in [-0.05, 0) is 38.0 Å². The van der Waals surface area contributed by atoms with Gasteiger partial charge in [0.1, 0.15) is 0 Å². The highest BCUT2D eigenvalue weighted by Gasteiger charge is 2.13. The first-order chi connectivity index (χ1) is 11.5. The highest BCUT2D eigenvalue weighted by atomic mass is 16.4. The van der Waals surface area contributed by atoms with Crippen LogP contribution in [-0.4, -0.2) is 10.5 Å². The van der Waals surface area contributed by atoms with Crippen molar-refractivity contribution in [2.45, 2.75) is 32.7 Å². The van der Waals surface area contributed by atoms with Crippen LogP contribution >= 0.6 is 0 Å². The van der Waals surface area contributed by atoms with Crippen LogP contribution in [0.1, 0.15) is 31.9 Å². The Hall–Kier alpha value is -2.82. The van der Waals surface area contributed by atoms with Gasteiger partial charge in [-0.2, -0.15) is 0 Å². The van der Waals surface area contributed by atoms with Crippen LogP contribution in [0.15, 0.2) is 57.7 Å². The van der Waals surface area contributed by atoms with Gasteiger partial charge < -0.3 is 9.73 Å². The van der Waals surface area contributed by atoms with Crippen molar-refractivity contribution in [2.24, 2.45) is 0 Å². The number of aryl methyl sites for hydroxylation is 1. The lowest BCUT2D eigenvalue weighted by molar-refractivity contribution is -0.116. The van der Waals surface area contributed by atoms with E-state index in [4.69, 9.17) is 4.42 Å². The molecule has 0 fully saturated rings. The molecule has 0 radical (unpaired) electrons. The van der Waals surface area contributed by atoms with Crippen LogP contribution in [0.4, 0.5) is 5.69 Å². The maximum absolute atomic E-state index is 12.1. The van der Waals surface area contributed by atoms with E-state index in [0.29, 0.717) is 24.1 Å². The summed E-state index contributed by atoms with van der Waals surface area (Å²) in [5, 5.41) is 2.85. The number of carbonyl (C=O) groups excluding carboxylic acids is 1. The molecule has 124 valence electrons. The van der Waals surface area contributed by atoms with Gasteiger partial charge in [-0.25, -0.2) is 4.79 Å². The Labute approximate surface area is 139 Å². The van der Waals surface area contributed by atoms with Crippen molar-refractivity contribution in [2.75, 3.05) is 5.32 Å². The van der Waals surface area contributed by atoms with Crippen molar-refractivity contribution < 1.29 is 9.21 Å². The van der Waals surface area contributed by atoms with E-state index in [9.17, 15) is 9.59 Å². The predicted octanol–water partition coefficient (Wildman–Crippen LogP) is 3.75. The van der Waals surface area contributed by atoms with Gasteiger partial charge in [0.15, 0.2) is 5.58 Å². The number of hydrogen-bond acceptors (Lipinski definition) is 3. The molecule has 0 saturated heterocycles. The summed E-state index contributed by atoms with van der Waals surface area (Å²) in [6.45, 7) is 3.85. The van der Waals surface area contributed by atoms with E-state index in [-0.39, 0.29) is 17.7 Å². The lowest BCUT2D eigenvalue weighted by atomic mass is 10.1. The zero-order valence-corrected chi connectivity index (χ0v) is 13.8. The topological polar surface area (TPSA) is 64.2 Å². The third-order valence-corrected chi connectivity index (χ3v) is 3.90. The summed E-state index contributed by atoms with van der Waals surface area (Å²) in [4.78, 5) is 24.0. The van der Waals surface area contributed by atoms with Crippen LogP contribution in [0.3, 0.4) is 0 Å². The Morgan fingerprint density at radius 3 is 2.62 bits per heavy atom. The van der Waals surface area contributed by atoms with Gasteiger partial charge in [-0.3, -0.25) is 9.36 Å². The summed E-state index contributed by atoms with van der Waals surface area (Å²) in [5.74, 6) is -0.448. The molecule has 0 spiro atoms. The zero-order chi connectivity index (χ0) is 17.1. The van der Waals surface area contributed by atoms with Crippen LogP contribution in [0.25, 0.3) is 11.1 Å². The van der Waals surface area contributed by atoms with Gasteiger partial charge in [0.2, 0.25) is 5.91 Å². The Bertz CT molecular complexity index is 907. The number of hydrogen-bond donors (Lipinski definition) is 1. The van der Waals surface area contributed by atoms with Gasteiger partial charge in [-0.15, -0.1) is 0 Å². The van der Waals surface area contributed by atoms with Gasteiger partial charge in [0.25, 0.3) is 0 Å². The zero-order valence-electron chi connectivity index (χ0n) is 13.8. The number of benzene rings is 2. The quantitative estimate of drug-likeness (QED) is 0.777. The average Bonchev–Trinajstić information content (AvgIpc) is 2.89. The lowest BCUT2D eigenvalue weighted by Crippen LogP contribution is -2.15. The Kier molecular flexibility index (Phi) is 4.51. The van der Waals surface area contributed by atoms with Crippen LogP contribution in [0.5, 0.6) is 0 Å². The normalized spacial score (nSPS) is 11.1. The van der Waals surface area contributed by atoms with Crippen molar-refractivity contribution in [3.63, 3.8) is 0 Å². The molecule has 0 aliphatic rings. The molecule has 1 aromatic heterocycles. The van der Waals surface area contributed by atoms with Gasteiger partial charge in [0.05, 0.1) is 5.52 Å². The highest BCUT2D eigenvalue weighted by Crippen LogP contribution is 2.21. The van der Waals surface area contributed by atoms with Crippen molar-refractivity contribution in [1.82, 2.24) is 4.57 Å². The predicted molar refractivity (Wildman–Crippen MR) is 94.3 cm³/mol. The second kappa shape index (κ2) is 6.74. The molecular formula is C19H20N2O3. The number of oxazole rings is 1. The fourth-order valence-electron chi connectivity index (χ4n) is 2.73. The molecule has 0 unspecified atom stereocenters. The summed E-state index contributed by atoms with van der Waals surface area (Å²) in [6, 6.07) is 15.2. The molecule has 1 amide bonds. The van der Waals surface area contributed by atoms with Crippen molar-refractivity contribution in [3.8, 4) is 0 Å². The molecule has 0 aliphatic carbocycles. The second-order valence-corrected chi connectivity index (χ2v) is 6.05. The summed E-state index contributed by atoms with van der Waals surface area (Å²) in [5.41, 5.74) is 2.97. The number of aromatic nitrogens is 1. The van der Waals surface area contributed by atoms with E-state index in [1.54, 1.807) is 22.8 Å². The summed E-state index contributed by atoms with van der Waals surface area (Å²) in [6.07, 6.45) is 1.09. The van der Waals surface area contributed by atoms with Gasteiger partial charge in [0, 0.05) is 24.2 Å². The number of nitrogens with one attached hydrogen (secondary N) is 1. The molecule has 1 N–H and O–H groups in total. The molecule has 3 rings (SSSR count). The SMILES string of the molecule is CC(C)n1c(=O)oc2cc(NC(=O)CCc3ccccc3)ccc21. The van der Waals surface area contributed by atoms with E-state index >= 15 is 0 Å². The number of amides is 1. The minimum absolute atomic E-state index is 0.0186. The monoisotopic (exact) mass is 324 g/mol. The van der Waals surface area contributed by atoms with E-state index < -0.39 is 0 Å². The van der Waals surface area contributed by atoms with Crippen molar-refractivity contribution >= 4 is 22.7 Å². The minimum atomic E-state index is -0.382. The van der Waals surface area contributed by atoms with Crippen LogP contribution in [-0.2, 0) is 11.2 Å². The fraction of sp³-hybridized carbons (Fsp3) is 0.263. The highest BCUT2D eigenvalue weighted by molar-refractivity contribution is 5.92. The molecular weight excluding hydrogens is 304 g/mol. The van der Waals surface area contributed by atoms with Crippen LogP contribution in [0.2, 0.25) is 0 Å². The Balaban J connectivity index is 1.71. The molecule has 2 aromatic carbocycles. The van der Waals surface area contributed by atoms with Crippen LogP contribution < -0.4 is 11.1 Å². The molecule has 0 aliphatic heterocycles. The summed E-state index contributed by atoms with van der Waals surface area (Å²) in [7, 11) is 0. The third kappa shape index (κ3) is 3.40. The first-order valence-electron chi connectivity index (χ1n) is 8.03. The number of rotatable bonds is 5. The minimum Gasteiger partial charge on any atom is -0.408 e. The molecule has 5 nitrogen and oxygen atoms in total. The van der Waals surface area contributed by atoms with E-state index in [0.717, 1.165) is 11.1 Å². The van der Waals surface area contributed by atoms with Gasteiger partial charge >= 0.3 is 5.76 Å². The standard InChI is InChI=1S/C19H20N2O3/c1-13(2)21-16-10-9-15(12-17(16)24-19(21)23)20-18(22)11-8-14-6-4-3-5-7-14/h3-7,9-10,12-13H,8,11H2,1-2H3,(H,20,22). The number of anilines is 1. The second-order valence-electron chi connectivity index (χ2n) is 6.05. The molecule has 5 heteroatoms. The Morgan fingerprint density at radius 2 is 1.92 bits per heavy atom. The molecule has 24 heavy (non-hydrogen) atoms. The first kappa shape index (κ1) is 16.1. The fourth-order valence-corrected chi connectivity index (χ4v) is 2.73. The molecule has 0 bridgehead atoms. The third-order valence-electron chi connectivity index (χ3n) is 3.90. The molecule has 1 heterocycles. The van der Waals surface area contributed by atoms with Gasteiger partial charge in [-0.1, -0.05) is 30.3 Å². The number of nitrogens with zero attached hydrogens (tertiary/aromatic N) is 1. The van der Waals surface area contributed by atoms with Crippen molar-refractivity contribution in [1.29, 1.82) is 0 Å². The van der Waals surface area contributed by atoms with Crippen LogP contribution in [0, 0.1) is 0 Å². The number of carbonyl (C=O) groups is 1. The smallest absolute Gasteiger partial charge is 0.408 e. The van der Waals surface area contributed by atoms with E-state index in [2.05, 4.69) is 5.32 Å². The number of fused-ring (bicyclic) bond motifs is 1. The van der Waals surface area contributed by atoms with E-state index in [1.807, 2.05) is 44.2 Å². The lowest BCUT2D eigenvalue weighted by Gasteiger charge is -2.07. The average molecular weight is 324 g/mol. The first-order valence-corrected chi connectivity index (χ1v) is 8.03. The maximum Gasteiger partial charge on any atom is 0.420 e. The maximum atomic E-state index is 12.1. The Morgan fingerprint density at radius 1 is 1.17 bits per heavy atom. The molecule has 3 aromatic rings. The summed E-state index contributed by atoms with van der Waals surface area (Å²) < 4.78 is 6.86.